The van der Waals surface area contributed by atoms with E-state index in [2.05, 4.69) is 10.4 Å². The minimum atomic E-state index is -0.920. The van der Waals surface area contributed by atoms with Crippen molar-refractivity contribution < 1.29 is 18.3 Å². The van der Waals surface area contributed by atoms with Crippen molar-refractivity contribution >= 4 is 11.8 Å². The molecule has 0 spiro atoms. The van der Waals surface area contributed by atoms with Gasteiger partial charge in [0, 0.05) is 19.2 Å². The third-order valence-electron chi connectivity index (χ3n) is 4.75. The van der Waals surface area contributed by atoms with E-state index in [1.807, 2.05) is 4.68 Å². The highest BCUT2D eigenvalue weighted by Crippen LogP contribution is 2.31. The van der Waals surface area contributed by atoms with Crippen molar-refractivity contribution in [1.29, 1.82) is 0 Å². The van der Waals surface area contributed by atoms with Gasteiger partial charge in [-0.15, -0.1) is 0 Å². The quantitative estimate of drug-likeness (QED) is 0.909. The Balaban J connectivity index is 1.41. The Kier molecular flexibility index (Phi) is 4.58. The van der Waals surface area contributed by atoms with E-state index in [0.717, 1.165) is 18.7 Å². The second kappa shape index (κ2) is 7.03. The van der Waals surface area contributed by atoms with Crippen LogP contribution in [0, 0.1) is 17.6 Å². The van der Waals surface area contributed by atoms with Gasteiger partial charge >= 0.3 is 6.03 Å². The number of hydrogen-bond donors (Lipinski definition) is 1. The van der Waals surface area contributed by atoms with E-state index in [-0.39, 0.29) is 12.6 Å². The van der Waals surface area contributed by atoms with E-state index < -0.39 is 17.7 Å². The summed E-state index contributed by atoms with van der Waals surface area (Å²) in [6.07, 6.45) is 3.58. The molecule has 1 aromatic heterocycles. The third kappa shape index (κ3) is 3.70. The minimum Gasteiger partial charge on any atom is -0.370 e. The number of halogens is 2. The lowest BCUT2D eigenvalue weighted by atomic mass is 10.1. The molecule has 1 N–H and O–H groups in total. The third-order valence-corrected chi connectivity index (χ3v) is 4.75. The van der Waals surface area contributed by atoms with Gasteiger partial charge in [-0.25, -0.2) is 18.3 Å². The number of aromatic nitrogens is 2. The van der Waals surface area contributed by atoms with E-state index in [0.29, 0.717) is 30.5 Å². The number of carbonyl (C=O) groups is 1. The zero-order valence-electron chi connectivity index (χ0n) is 14.2. The molecular weight excluding hydrogens is 342 g/mol. The van der Waals surface area contributed by atoms with Crippen LogP contribution in [0.1, 0.15) is 24.5 Å². The number of nitrogens with zero attached hydrogens (tertiary/aromatic N) is 3. The Morgan fingerprint density at radius 3 is 2.88 bits per heavy atom. The Morgan fingerprint density at radius 2 is 2.12 bits per heavy atom. The van der Waals surface area contributed by atoms with E-state index >= 15 is 0 Å². The number of ether oxygens (including phenoxy) is 1. The monoisotopic (exact) mass is 362 g/mol. The average molecular weight is 362 g/mol. The standard InChI is InChI=1S/C18H20F2N4O2/c19-14-4-3-13(9-15(14)20)16-11-23(7-8-26-16)18(25)22-17-5-6-21-24(17)10-12-1-2-12/h3-6,9,12,16H,1-2,7-8,10-11H2,(H,22,25). The maximum Gasteiger partial charge on any atom is 0.323 e. The summed E-state index contributed by atoms with van der Waals surface area (Å²) in [5.74, 6) is -0.510. The molecule has 138 valence electrons. The Morgan fingerprint density at radius 1 is 1.27 bits per heavy atom. The number of anilines is 1. The predicted molar refractivity (Wildman–Crippen MR) is 90.6 cm³/mol. The maximum atomic E-state index is 13.5. The highest BCUT2D eigenvalue weighted by molar-refractivity contribution is 5.88. The molecule has 1 saturated carbocycles. The maximum absolute atomic E-state index is 13.5. The molecule has 1 saturated heterocycles. The summed E-state index contributed by atoms with van der Waals surface area (Å²) in [6.45, 7) is 1.85. The van der Waals surface area contributed by atoms with Crippen LogP contribution in [0.25, 0.3) is 0 Å². The molecule has 2 heterocycles. The Labute approximate surface area is 149 Å². The largest absolute Gasteiger partial charge is 0.370 e. The van der Waals surface area contributed by atoms with Crippen molar-refractivity contribution in [3.63, 3.8) is 0 Å². The fourth-order valence-corrected chi connectivity index (χ4v) is 3.07. The first-order chi connectivity index (χ1) is 12.6. The van der Waals surface area contributed by atoms with Crippen LogP contribution in [0.2, 0.25) is 0 Å². The predicted octanol–water partition coefficient (Wildman–Crippen LogP) is 3.18. The number of amides is 2. The zero-order valence-corrected chi connectivity index (χ0v) is 14.2. The van der Waals surface area contributed by atoms with Crippen LogP contribution in [0.4, 0.5) is 19.4 Å². The van der Waals surface area contributed by atoms with Gasteiger partial charge in [-0.3, -0.25) is 5.32 Å². The van der Waals surface area contributed by atoms with Crippen LogP contribution in [0.5, 0.6) is 0 Å². The summed E-state index contributed by atoms with van der Waals surface area (Å²) < 4.78 is 34.0. The first-order valence-electron chi connectivity index (χ1n) is 8.74. The lowest BCUT2D eigenvalue weighted by Gasteiger charge is -2.33. The molecule has 4 rings (SSSR count). The van der Waals surface area contributed by atoms with E-state index in [1.165, 1.54) is 18.9 Å². The van der Waals surface area contributed by atoms with Crippen LogP contribution in [-0.2, 0) is 11.3 Å². The summed E-state index contributed by atoms with van der Waals surface area (Å²) in [4.78, 5) is 14.2. The van der Waals surface area contributed by atoms with Crippen molar-refractivity contribution in [2.45, 2.75) is 25.5 Å². The number of carbonyl (C=O) groups excluding carboxylic acids is 1. The average Bonchev–Trinajstić information content (AvgIpc) is 3.36. The van der Waals surface area contributed by atoms with Gasteiger partial charge in [0.1, 0.15) is 11.9 Å². The molecule has 1 aliphatic heterocycles. The van der Waals surface area contributed by atoms with Gasteiger partial charge in [0.15, 0.2) is 11.6 Å². The fraction of sp³-hybridized carbons (Fsp3) is 0.444. The summed E-state index contributed by atoms with van der Waals surface area (Å²) in [7, 11) is 0. The zero-order chi connectivity index (χ0) is 18.1. The minimum absolute atomic E-state index is 0.251. The van der Waals surface area contributed by atoms with E-state index in [1.54, 1.807) is 17.2 Å². The Bertz CT molecular complexity index is 806. The number of hydrogen-bond acceptors (Lipinski definition) is 3. The smallest absolute Gasteiger partial charge is 0.323 e. The number of morpholine rings is 1. The topological polar surface area (TPSA) is 59.4 Å². The van der Waals surface area contributed by atoms with Gasteiger partial charge in [-0.05, 0) is 36.5 Å². The van der Waals surface area contributed by atoms with Crippen LogP contribution < -0.4 is 5.32 Å². The lowest BCUT2D eigenvalue weighted by Crippen LogP contribution is -2.44. The highest BCUT2D eigenvalue weighted by atomic mass is 19.2. The van der Waals surface area contributed by atoms with Crippen LogP contribution >= 0.6 is 0 Å². The first kappa shape index (κ1) is 17.0. The van der Waals surface area contributed by atoms with Crippen molar-refractivity contribution in [2.24, 2.45) is 5.92 Å². The van der Waals surface area contributed by atoms with Gasteiger partial charge in [0.05, 0.1) is 19.3 Å². The lowest BCUT2D eigenvalue weighted by molar-refractivity contribution is -0.0137. The molecule has 0 radical (unpaired) electrons. The molecule has 1 aromatic carbocycles. The summed E-state index contributed by atoms with van der Waals surface area (Å²) >= 11 is 0. The second-order valence-electron chi connectivity index (χ2n) is 6.75. The van der Waals surface area contributed by atoms with Crippen molar-refractivity contribution in [1.82, 2.24) is 14.7 Å². The van der Waals surface area contributed by atoms with Gasteiger partial charge in [0.2, 0.25) is 0 Å². The molecule has 2 amide bonds. The van der Waals surface area contributed by atoms with Gasteiger partial charge in [0.25, 0.3) is 0 Å². The summed E-state index contributed by atoms with van der Waals surface area (Å²) in [6, 6.07) is 5.19. The highest BCUT2D eigenvalue weighted by Gasteiger charge is 2.27. The molecular formula is C18H20F2N4O2. The van der Waals surface area contributed by atoms with Crippen LogP contribution in [-0.4, -0.2) is 40.4 Å². The first-order valence-corrected chi connectivity index (χ1v) is 8.74. The molecule has 2 aromatic rings. The Hall–Kier alpha value is -2.48. The van der Waals surface area contributed by atoms with Gasteiger partial charge in [-0.1, -0.05) is 6.07 Å². The molecule has 6 nitrogen and oxygen atoms in total. The SMILES string of the molecule is O=C(Nc1ccnn1CC1CC1)N1CCOC(c2ccc(F)c(F)c2)C1. The molecule has 2 aliphatic rings. The number of benzene rings is 1. The molecule has 1 atom stereocenters. The van der Waals surface area contributed by atoms with E-state index in [4.69, 9.17) is 4.74 Å². The molecule has 1 aliphatic carbocycles. The second-order valence-corrected chi connectivity index (χ2v) is 6.75. The van der Waals surface area contributed by atoms with Crippen molar-refractivity contribution in [3.05, 3.63) is 47.7 Å². The molecule has 26 heavy (non-hydrogen) atoms. The number of rotatable bonds is 4. The molecule has 1 unspecified atom stereocenters. The fourth-order valence-electron chi connectivity index (χ4n) is 3.07. The number of urea groups is 1. The molecule has 8 heteroatoms. The summed E-state index contributed by atoms with van der Waals surface area (Å²) in [5.41, 5.74) is 0.514. The molecule has 2 fully saturated rings. The summed E-state index contributed by atoms with van der Waals surface area (Å²) in [5, 5.41) is 7.14. The van der Waals surface area contributed by atoms with Crippen molar-refractivity contribution in [2.75, 3.05) is 25.0 Å². The van der Waals surface area contributed by atoms with Crippen molar-refractivity contribution in [3.8, 4) is 0 Å². The van der Waals surface area contributed by atoms with Gasteiger partial charge in [-0.2, -0.15) is 5.10 Å². The normalized spacial score (nSPS) is 20.2. The van der Waals surface area contributed by atoms with E-state index in [9.17, 15) is 13.6 Å². The molecule has 0 bridgehead atoms. The van der Waals surface area contributed by atoms with Crippen LogP contribution in [0.3, 0.4) is 0 Å². The van der Waals surface area contributed by atoms with Crippen LogP contribution in [0.15, 0.2) is 30.5 Å². The number of nitrogens with one attached hydrogen (secondary N) is 1. The van der Waals surface area contributed by atoms with Gasteiger partial charge < -0.3 is 9.64 Å².